The SMILES string of the molecule is CCOc1ccc(NC(C)c2ccc(Cl)c(Cl)c2)cc1. The van der Waals surface area contributed by atoms with Gasteiger partial charge in [0, 0.05) is 11.7 Å². The van der Waals surface area contributed by atoms with E-state index in [-0.39, 0.29) is 6.04 Å². The van der Waals surface area contributed by atoms with Crippen molar-refractivity contribution in [2.45, 2.75) is 19.9 Å². The predicted octanol–water partition coefficient (Wildman–Crippen LogP) is 5.57. The standard InChI is InChI=1S/C16H17Cl2NO/c1-3-20-14-7-5-13(6-8-14)19-11(2)12-4-9-15(17)16(18)10-12/h4-11,19H,3H2,1-2H3. The molecule has 2 aromatic rings. The molecule has 0 spiro atoms. The third kappa shape index (κ3) is 3.81. The molecule has 0 bridgehead atoms. The molecule has 0 aliphatic heterocycles. The Morgan fingerprint density at radius 1 is 1.05 bits per heavy atom. The van der Waals surface area contributed by atoms with E-state index in [1.165, 1.54) is 0 Å². The summed E-state index contributed by atoms with van der Waals surface area (Å²) in [5.41, 5.74) is 2.13. The van der Waals surface area contributed by atoms with Crippen molar-refractivity contribution in [2.75, 3.05) is 11.9 Å². The summed E-state index contributed by atoms with van der Waals surface area (Å²) in [6, 6.07) is 13.7. The molecule has 106 valence electrons. The lowest BCUT2D eigenvalue weighted by Gasteiger charge is -2.16. The van der Waals surface area contributed by atoms with Crippen molar-refractivity contribution in [3.63, 3.8) is 0 Å². The highest BCUT2D eigenvalue weighted by molar-refractivity contribution is 6.42. The highest BCUT2D eigenvalue weighted by atomic mass is 35.5. The molecule has 0 amide bonds. The van der Waals surface area contributed by atoms with Crippen molar-refractivity contribution in [1.29, 1.82) is 0 Å². The molecular weight excluding hydrogens is 293 g/mol. The van der Waals surface area contributed by atoms with Crippen LogP contribution in [0.15, 0.2) is 42.5 Å². The second-order valence-corrected chi connectivity index (χ2v) is 5.31. The van der Waals surface area contributed by atoms with Gasteiger partial charge in [-0.15, -0.1) is 0 Å². The van der Waals surface area contributed by atoms with E-state index < -0.39 is 0 Å². The Bertz CT molecular complexity index is 569. The van der Waals surface area contributed by atoms with E-state index >= 15 is 0 Å². The van der Waals surface area contributed by atoms with E-state index in [9.17, 15) is 0 Å². The minimum atomic E-state index is 0.141. The van der Waals surface area contributed by atoms with Crippen molar-refractivity contribution < 1.29 is 4.74 Å². The zero-order valence-corrected chi connectivity index (χ0v) is 13.0. The average molecular weight is 310 g/mol. The van der Waals surface area contributed by atoms with Crippen LogP contribution in [0.2, 0.25) is 10.0 Å². The fraction of sp³-hybridized carbons (Fsp3) is 0.250. The Balaban J connectivity index is 2.06. The lowest BCUT2D eigenvalue weighted by molar-refractivity contribution is 0.340. The number of nitrogens with one attached hydrogen (secondary N) is 1. The zero-order valence-electron chi connectivity index (χ0n) is 11.5. The molecule has 2 aromatic carbocycles. The van der Waals surface area contributed by atoms with Crippen molar-refractivity contribution in [3.05, 3.63) is 58.1 Å². The Morgan fingerprint density at radius 3 is 2.35 bits per heavy atom. The maximum Gasteiger partial charge on any atom is 0.119 e. The molecule has 1 atom stereocenters. The van der Waals surface area contributed by atoms with Crippen LogP contribution in [0.4, 0.5) is 5.69 Å². The fourth-order valence-corrected chi connectivity index (χ4v) is 2.24. The van der Waals surface area contributed by atoms with Crippen LogP contribution in [0.1, 0.15) is 25.5 Å². The molecule has 1 unspecified atom stereocenters. The van der Waals surface area contributed by atoms with Crippen LogP contribution in [-0.4, -0.2) is 6.61 Å². The quantitative estimate of drug-likeness (QED) is 0.780. The first-order valence-electron chi connectivity index (χ1n) is 6.54. The lowest BCUT2D eigenvalue weighted by atomic mass is 10.1. The minimum Gasteiger partial charge on any atom is -0.494 e. The van der Waals surface area contributed by atoms with Crippen LogP contribution in [-0.2, 0) is 0 Å². The number of ether oxygens (including phenoxy) is 1. The number of anilines is 1. The molecular formula is C16H17Cl2NO. The second kappa shape index (κ2) is 6.87. The molecule has 0 saturated carbocycles. The molecule has 2 nitrogen and oxygen atoms in total. The lowest BCUT2D eigenvalue weighted by Crippen LogP contribution is -2.06. The summed E-state index contributed by atoms with van der Waals surface area (Å²) in [5, 5.41) is 4.56. The molecule has 0 heterocycles. The van der Waals surface area contributed by atoms with Gasteiger partial charge in [-0.05, 0) is 55.8 Å². The van der Waals surface area contributed by atoms with Crippen molar-refractivity contribution >= 4 is 28.9 Å². The maximum absolute atomic E-state index is 6.04. The molecule has 2 rings (SSSR count). The Hall–Kier alpha value is -1.38. The predicted molar refractivity (Wildman–Crippen MR) is 86.1 cm³/mol. The molecule has 0 aromatic heterocycles. The number of hydrogen-bond acceptors (Lipinski definition) is 2. The average Bonchev–Trinajstić information content (AvgIpc) is 2.44. The van der Waals surface area contributed by atoms with E-state index in [1.54, 1.807) is 0 Å². The molecule has 0 aliphatic rings. The number of rotatable bonds is 5. The Labute approximate surface area is 129 Å². The van der Waals surface area contributed by atoms with Gasteiger partial charge in [-0.2, -0.15) is 0 Å². The van der Waals surface area contributed by atoms with Crippen LogP contribution >= 0.6 is 23.2 Å². The summed E-state index contributed by atoms with van der Waals surface area (Å²) < 4.78 is 5.42. The van der Waals surface area contributed by atoms with Gasteiger partial charge in [-0.25, -0.2) is 0 Å². The number of benzene rings is 2. The summed E-state index contributed by atoms with van der Waals surface area (Å²) >= 11 is 12.0. The van der Waals surface area contributed by atoms with Gasteiger partial charge in [-0.3, -0.25) is 0 Å². The topological polar surface area (TPSA) is 21.3 Å². The van der Waals surface area contributed by atoms with Crippen molar-refractivity contribution in [1.82, 2.24) is 0 Å². The maximum atomic E-state index is 6.04. The van der Waals surface area contributed by atoms with E-state index in [4.69, 9.17) is 27.9 Å². The summed E-state index contributed by atoms with van der Waals surface area (Å²) in [6.07, 6.45) is 0. The fourth-order valence-electron chi connectivity index (χ4n) is 1.93. The molecule has 0 saturated heterocycles. The Morgan fingerprint density at radius 2 is 1.75 bits per heavy atom. The van der Waals surface area contributed by atoms with E-state index in [2.05, 4.69) is 12.2 Å². The Kier molecular flexibility index (Phi) is 5.16. The van der Waals surface area contributed by atoms with Gasteiger partial charge in [0.25, 0.3) is 0 Å². The first-order valence-corrected chi connectivity index (χ1v) is 7.30. The van der Waals surface area contributed by atoms with Gasteiger partial charge in [-0.1, -0.05) is 29.3 Å². The highest BCUT2D eigenvalue weighted by Gasteiger charge is 2.07. The number of hydrogen-bond donors (Lipinski definition) is 1. The third-order valence-electron chi connectivity index (χ3n) is 2.99. The zero-order chi connectivity index (χ0) is 14.5. The second-order valence-electron chi connectivity index (χ2n) is 4.50. The smallest absolute Gasteiger partial charge is 0.119 e. The van der Waals surface area contributed by atoms with E-state index in [0.29, 0.717) is 16.7 Å². The van der Waals surface area contributed by atoms with Gasteiger partial charge in [0.15, 0.2) is 0 Å². The highest BCUT2D eigenvalue weighted by Crippen LogP contribution is 2.27. The molecule has 4 heteroatoms. The minimum absolute atomic E-state index is 0.141. The normalized spacial score (nSPS) is 12.0. The van der Waals surface area contributed by atoms with Crippen LogP contribution in [0, 0.1) is 0 Å². The summed E-state index contributed by atoms with van der Waals surface area (Å²) in [6.45, 7) is 4.72. The first-order chi connectivity index (χ1) is 9.60. The molecule has 20 heavy (non-hydrogen) atoms. The molecule has 1 N–H and O–H groups in total. The van der Waals surface area contributed by atoms with Crippen LogP contribution < -0.4 is 10.1 Å². The first kappa shape index (κ1) is 15.0. The molecule has 0 fully saturated rings. The largest absolute Gasteiger partial charge is 0.494 e. The third-order valence-corrected chi connectivity index (χ3v) is 3.73. The van der Waals surface area contributed by atoms with Crippen LogP contribution in [0.25, 0.3) is 0 Å². The van der Waals surface area contributed by atoms with E-state index in [0.717, 1.165) is 17.0 Å². The molecule has 0 aliphatic carbocycles. The van der Waals surface area contributed by atoms with Gasteiger partial charge in [0.05, 0.1) is 16.7 Å². The monoisotopic (exact) mass is 309 g/mol. The van der Waals surface area contributed by atoms with Crippen molar-refractivity contribution in [3.8, 4) is 5.75 Å². The van der Waals surface area contributed by atoms with Gasteiger partial charge in [0.1, 0.15) is 5.75 Å². The van der Waals surface area contributed by atoms with E-state index in [1.807, 2.05) is 49.4 Å². The molecule has 0 radical (unpaired) electrons. The summed E-state index contributed by atoms with van der Waals surface area (Å²) in [7, 11) is 0. The van der Waals surface area contributed by atoms with Crippen LogP contribution in [0.5, 0.6) is 5.75 Å². The summed E-state index contributed by atoms with van der Waals surface area (Å²) in [4.78, 5) is 0. The van der Waals surface area contributed by atoms with Gasteiger partial charge in [0.2, 0.25) is 0 Å². The summed E-state index contributed by atoms with van der Waals surface area (Å²) in [5.74, 6) is 0.875. The van der Waals surface area contributed by atoms with Gasteiger partial charge >= 0.3 is 0 Å². The number of halogens is 2. The van der Waals surface area contributed by atoms with Crippen LogP contribution in [0.3, 0.4) is 0 Å². The van der Waals surface area contributed by atoms with Crippen molar-refractivity contribution in [2.24, 2.45) is 0 Å². The van der Waals surface area contributed by atoms with Gasteiger partial charge < -0.3 is 10.1 Å².